The van der Waals surface area contributed by atoms with Crippen LogP contribution in [0.3, 0.4) is 0 Å². The van der Waals surface area contributed by atoms with E-state index in [1.165, 1.54) is 6.92 Å². The average Bonchev–Trinajstić information content (AvgIpc) is 2.39. The second-order valence-corrected chi connectivity index (χ2v) is 5.25. The van der Waals surface area contributed by atoms with Crippen molar-refractivity contribution in [3.63, 3.8) is 0 Å². The van der Waals surface area contributed by atoms with Crippen LogP contribution in [-0.2, 0) is 0 Å². The lowest BCUT2D eigenvalue weighted by atomic mass is 9.96. The Morgan fingerprint density at radius 1 is 1.26 bits per heavy atom. The standard InChI is InChI=1S/C16H16ClNO/c1-10(2)16-13(5-4-8-18-16)12-6-7-15(17)14(9-12)11(3)19/h4-10H,1-3H3. The Labute approximate surface area is 118 Å². The first-order valence-electron chi connectivity index (χ1n) is 6.26. The first-order valence-corrected chi connectivity index (χ1v) is 6.64. The minimum atomic E-state index is -0.0261. The molecule has 98 valence electrons. The lowest BCUT2D eigenvalue weighted by Gasteiger charge is -2.12. The van der Waals surface area contributed by atoms with Gasteiger partial charge in [0, 0.05) is 17.3 Å². The van der Waals surface area contributed by atoms with E-state index in [0.717, 1.165) is 16.8 Å². The fourth-order valence-corrected chi connectivity index (χ4v) is 2.33. The molecule has 2 nitrogen and oxygen atoms in total. The first-order chi connectivity index (χ1) is 9.00. The molecule has 0 unspecified atom stereocenters. The van der Waals surface area contributed by atoms with Gasteiger partial charge in [0.2, 0.25) is 0 Å². The highest BCUT2D eigenvalue weighted by Crippen LogP contribution is 2.30. The molecular formula is C16H16ClNO. The summed E-state index contributed by atoms with van der Waals surface area (Å²) < 4.78 is 0. The molecule has 0 saturated carbocycles. The van der Waals surface area contributed by atoms with Crippen molar-refractivity contribution in [2.45, 2.75) is 26.7 Å². The van der Waals surface area contributed by atoms with Gasteiger partial charge in [-0.05, 0) is 36.6 Å². The molecule has 0 aliphatic rings. The second kappa shape index (κ2) is 5.54. The molecule has 1 aromatic heterocycles. The monoisotopic (exact) mass is 273 g/mol. The Morgan fingerprint density at radius 3 is 2.63 bits per heavy atom. The summed E-state index contributed by atoms with van der Waals surface area (Å²) in [6.07, 6.45) is 1.79. The van der Waals surface area contributed by atoms with Crippen molar-refractivity contribution in [3.05, 3.63) is 52.8 Å². The van der Waals surface area contributed by atoms with E-state index in [-0.39, 0.29) is 5.78 Å². The lowest BCUT2D eigenvalue weighted by Crippen LogP contribution is -1.98. The third-order valence-electron chi connectivity index (χ3n) is 3.04. The summed E-state index contributed by atoms with van der Waals surface area (Å²) in [4.78, 5) is 16.0. The second-order valence-electron chi connectivity index (χ2n) is 4.84. The molecule has 2 rings (SSSR count). The molecule has 0 aliphatic carbocycles. The molecule has 0 amide bonds. The maximum atomic E-state index is 11.6. The van der Waals surface area contributed by atoms with Gasteiger partial charge in [-0.3, -0.25) is 9.78 Å². The molecule has 1 heterocycles. The number of hydrogen-bond acceptors (Lipinski definition) is 2. The number of aromatic nitrogens is 1. The van der Waals surface area contributed by atoms with E-state index in [0.29, 0.717) is 16.5 Å². The maximum absolute atomic E-state index is 11.6. The fraction of sp³-hybridized carbons (Fsp3) is 0.250. The number of carbonyl (C=O) groups is 1. The number of hydrogen-bond donors (Lipinski definition) is 0. The van der Waals surface area contributed by atoms with Crippen LogP contribution in [0.25, 0.3) is 11.1 Å². The van der Waals surface area contributed by atoms with E-state index in [4.69, 9.17) is 11.6 Å². The number of ketones is 1. The van der Waals surface area contributed by atoms with Gasteiger partial charge in [0.05, 0.1) is 10.7 Å². The number of rotatable bonds is 3. The van der Waals surface area contributed by atoms with Crippen molar-refractivity contribution >= 4 is 17.4 Å². The minimum absolute atomic E-state index is 0.0261. The summed E-state index contributed by atoms with van der Waals surface area (Å²) in [6.45, 7) is 5.73. The molecule has 0 saturated heterocycles. The van der Waals surface area contributed by atoms with Crippen molar-refractivity contribution in [2.75, 3.05) is 0 Å². The van der Waals surface area contributed by atoms with Gasteiger partial charge >= 0.3 is 0 Å². The van der Waals surface area contributed by atoms with Crippen LogP contribution in [-0.4, -0.2) is 10.8 Å². The van der Waals surface area contributed by atoms with E-state index < -0.39 is 0 Å². The number of pyridine rings is 1. The zero-order chi connectivity index (χ0) is 14.0. The summed E-state index contributed by atoms with van der Waals surface area (Å²) in [5.74, 6) is 0.300. The molecule has 0 N–H and O–H groups in total. The number of nitrogens with zero attached hydrogens (tertiary/aromatic N) is 1. The van der Waals surface area contributed by atoms with Crippen LogP contribution in [0.4, 0.5) is 0 Å². The molecule has 0 fully saturated rings. The molecule has 0 aliphatic heterocycles. The van der Waals surface area contributed by atoms with Crippen molar-refractivity contribution in [1.82, 2.24) is 4.98 Å². The Morgan fingerprint density at radius 2 is 2.00 bits per heavy atom. The molecular weight excluding hydrogens is 258 g/mol. The van der Waals surface area contributed by atoms with Crippen molar-refractivity contribution in [2.24, 2.45) is 0 Å². The number of Topliss-reactive ketones (excluding diaryl/α,β-unsaturated/α-hetero) is 1. The smallest absolute Gasteiger partial charge is 0.161 e. The summed E-state index contributed by atoms with van der Waals surface area (Å²) in [5, 5.41) is 0.492. The maximum Gasteiger partial charge on any atom is 0.161 e. The molecule has 19 heavy (non-hydrogen) atoms. The summed E-state index contributed by atoms with van der Waals surface area (Å²) in [5.41, 5.74) is 3.61. The number of halogens is 1. The van der Waals surface area contributed by atoms with Gasteiger partial charge in [-0.1, -0.05) is 37.6 Å². The average molecular weight is 274 g/mol. The zero-order valence-corrected chi connectivity index (χ0v) is 12.0. The van der Waals surface area contributed by atoms with E-state index in [1.807, 2.05) is 24.3 Å². The van der Waals surface area contributed by atoms with Gasteiger partial charge in [0.15, 0.2) is 5.78 Å². The van der Waals surface area contributed by atoms with E-state index in [1.54, 1.807) is 12.3 Å². The highest BCUT2D eigenvalue weighted by atomic mass is 35.5. The highest BCUT2D eigenvalue weighted by Gasteiger charge is 2.12. The Balaban J connectivity index is 2.60. The van der Waals surface area contributed by atoms with Crippen molar-refractivity contribution < 1.29 is 4.79 Å². The van der Waals surface area contributed by atoms with Crippen molar-refractivity contribution in [1.29, 1.82) is 0 Å². The SMILES string of the molecule is CC(=O)c1cc(-c2cccnc2C(C)C)ccc1Cl. The minimum Gasteiger partial charge on any atom is -0.294 e. The van der Waals surface area contributed by atoms with Crippen LogP contribution >= 0.6 is 11.6 Å². The quantitative estimate of drug-likeness (QED) is 0.757. The van der Waals surface area contributed by atoms with Crippen molar-refractivity contribution in [3.8, 4) is 11.1 Å². The van der Waals surface area contributed by atoms with Crippen LogP contribution in [0, 0.1) is 0 Å². The van der Waals surface area contributed by atoms with Crippen LogP contribution in [0.15, 0.2) is 36.5 Å². The summed E-state index contributed by atoms with van der Waals surface area (Å²) in [7, 11) is 0. The zero-order valence-electron chi connectivity index (χ0n) is 11.3. The molecule has 3 heteroatoms. The Hall–Kier alpha value is -1.67. The first kappa shape index (κ1) is 13.8. The van der Waals surface area contributed by atoms with Gasteiger partial charge in [0.25, 0.3) is 0 Å². The topological polar surface area (TPSA) is 30.0 Å². The molecule has 0 spiro atoms. The van der Waals surface area contributed by atoms with Gasteiger partial charge < -0.3 is 0 Å². The molecule has 0 bridgehead atoms. The van der Waals surface area contributed by atoms with Crippen LogP contribution < -0.4 is 0 Å². The summed E-state index contributed by atoms with van der Waals surface area (Å²) in [6, 6.07) is 9.47. The predicted molar refractivity (Wildman–Crippen MR) is 78.8 cm³/mol. The largest absolute Gasteiger partial charge is 0.294 e. The molecule has 0 atom stereocenters. The van der Waals surface area contributed by atoms with Crippen LogP contribution in [0.2, 0.25) is 5.02 Å². The fourth-order valence-electron chi connectivity index (χ4n) is 2.08. The highest BCUT2D eigenvalue weighted by molar-refractivity contribution is 6.34. The lowest BCUT2D eigenvalue weighted by molar-refractivity contribution is 0.101. The van der Waals surface area contributed by atoms with E-state index in [2.05, 4.69) is 18.8 Å². The van der Waals surface area contributed by atoms with Crippen LogP contribution in [0.5, 0.6) is 0 Å². The number of benzene rings is 1. The van der Waals surface area contributed by atoms with E-state index >= 15 is 0 Å². The normalized spacial score (nSPS) is 10.8. The molecule has 1 aromatic carbocycles. The summed E-state index contributed by atoms with van der Waals surface area (Å²) >= 11 is 6.04. The number of carbonyl (C=O) groups excluding carboxylic acids is 1. The third-order valence-corrected chi connectivity index (χ3v) is 3.37. The Kier molecular flexibility index (Phi) is 4.01. The predicted octanol–water partition coefficient (Wildman–Crippen LogP) is 4.73. The van der Waals surface area contributed by atoms with Crippen LogP contribution in [0.1, 0.15) is 42.7 Å². The van der Waals surface area contributed by atoms with Gasteiger partial charge in [-0.15, -0.1) is 0 Å². The van der Waals surface area contributed by atoms with Gasteiger partial charge in [0.1, 0.15) is 0 Å². The van der Waals surface area contributed by atoms with Gasteiger partial charge in [-0.25, -0.2) is 0 Å². The third kappa shape index (κ3) is 2.85. The molecule has 2 aromatic rings. The van der Waals surface area contributed by atoms with E-state index in [9.17, 15) is 4.79 Å². The Bertz CT molecular complexity index is 620. The van der Waals surface area contributed by atoms with Gasteiger partial charge in [-0.2, -0.15) is 0 Å². The molecule has 0 radical (unpaired) electrons.